The van der Waals surface area contributed by atoms with Crippen molar-refractivity contribution in [1.82, 2.24) is 20.7 Å². The van der Waals surface area contributed by atoms with Crippen molar-refractivity contribution in [2.24, 2.45) is 11.7 Å². The molecule has 1 aromatic carbocycles. The number of hydrogen-bond acceptors (Lipinski definition) is 7. The second-order valence-corrected chi connectivity index (χ2v) is 14.2. The lowest BCUT2D eigenvalue weighted by Gasteiger charge is -2.35. The summed E-state index contributed by atoms with van der Waals surface area (Å²) < 4.78 is 70.5. The molecule has 4 N–H and O–H groups in total. The smallest absolute Gasteiger partial charge is 0.251 e. The largest absolute Gasteiger partial charge is 0.492 e. The first-order chi connectivity index (χ1) is 22.8. The van der Waals surface area contributed by atoms with Gasteiger partial charge in [-0.25, -0.2) is 28.0 Å². The monoisotopic (exact) mass is 665 g/mol. The molecule has 8 rings (SSSR count). The minimum atomic E-state index is -1.47. The van der Waals surface area contributed by atoms with Crippen LogP contribution in [0, 0.1) is 23.4 Å². The summed E-state index contributed by atoms with van der Waals surface area (Å²) in [6.07, 6.45) is 9.48. The molecule has 6 aliphatic rings. The number of benzene rings is 1. The van der Waals surface area contributed by atoms with E-state index in [1.54, 1.807) is 31.3 Å². The number of alkyl halides is 1. The summed E-state index contributed by atoms with van der Waals surface area (Å²) in [5, 5.41) is 4.49. The molecule has 3 atom stereocenters. The normalized spacial score (nSPS) is 27.2. The van der Waals surface area contributed by atoms with Crippen LogP contribution in [0.15, 0.2) is 53.5 Å². The first-order valence-electron chi connectivity index (χ1n) is 16.3. The van der Waals surface area contributed by atoms with Gasteiger partial charge in [-0.05, 0) is 75.3 Å². The number of hydrazine groups is 1. The van der Waals surface area contributed by atoms with E-state index in [4.69, 9.17) is 20.2 Å². The number of primary amides is 1. The Bertz CT molecular complexity index is 1870. The highest BCUT2D eigenvalue weighted by Crippen LogP contribution is 2.50. The maximum Gasteiger partial charge on any atom is 0.251 e. The number of rotatable bonds is 10. The zero-order chi connectivity index (χ0) is 33.7. The highest BCUT2D eigenvalue weighted by atomic mass is 19.2. The van der Waals surface area contributed by atoms with E-state index in [-0.39, 0.29) is 54.0 Å². The lowest BCUT2D eigenvalue weighted by molar-refractivity contribution is -0.123. The van der Waals surface area contributed by atoms with Gasteiger partial charge in [-0.2, -0.15) is 0 Å². The first kappa shape index (κ1) is 30.9. The Kier molecular flexibility index (Phi) is 6.80. The molecule has 0 spiro atoms. The van der Waals surface area contributed by atoms with E-state index >= 15 is 8.78 Å². The average molecular weight is 666 g/mol. The first-order valence-corrected chi connectivity index (χ1v) is 16.3. The van der Waals surface area contributed by atoms with Gasteiger partial charge in [0.25, 0.3) is 5.91 Å². The maximum absolute atomic E-state index is 15.1. The maximum atomic E-state index is 15.1. The molecule has 3 fully saturated rings. The second-order valence-electron chi connectivity index (χ2n) is 14.2. The number of nitrogens with one attached hydrogen (secondary N) is 2. The number of aromatic nitrogens is 1. The number of nitrogens with two attached hydrogens (primary N) is 1. The van der Waals surface area contributed by atoms with Crippen LogP contribution < -0.4 is 21.2 Å². The van der Waals surface area contributed by atoms with Crippen LogP contribution in [-0.2, 0) is 19.7 Å². The van der Waals surface area contributed by atoms with E-state index in [9.17, 15) is 18.4 Å². The Morgan fingerprint density at radius 2 is 1.83 bits per heavy atom. The number of hydrogen-bond donors (Lipinski definition) is 3. The molecule has 0 saturated heterocycles. The van der Waals surface area contributed by atoms with Gasteiger partial charge < -0.3 is 20.5 Å². The fourth-order valence-corrected chi connectivity index (χ4v) is 6.69. The molecule has 2 aliphatic heterocycles. The predicted octanol–water partition coefficient (Wildman–Crippen LogP) is 4.84. The summed E-state index contributed by atoms with van der Waals surface area (Å²) in [6, 6.07) is 2.84. The fraction of sp³-hybridized carbons (Fsp3) is 0.457. The van der Waals surface area contributed by atoms with Crippen LogP contribution >= 0.6 is 0 Å². The molecule has 9 nitrogen and oxygen atoms in total. The minimum absolute atomic E-state index is 0.0432. The Morgan fingerprint density at radius 3 is 2.50 bits per heavy atom. The Morgan fingerprint density at radius 1 is 1.10 bits per heavy atom. The molecular weight excluding hydrogens is 630 g/mol. The Labute approximate surface area is 274 Å². The average Bonchev–Trinajstić information content (AvgIpc) is 3.97. The molecule has 3 heterocycles. The highest BCUT2D eigenvalue weighted by Gasteiger charge is 2.55. The molecule has 1 unspecified atom stereocenters. The number of fused-ring (bicyclic) bond motifs is 2. The molecule has 2 aromatic rings. The van der Waals surface area contributed by atoms with E-state index in [1.807, 2.05) is 6.92 Å². The van der Waals surface area contributed by atoms with Crippen LogP contribution in [0.3, 0.4) is 0 Å². The quantitative estimate of drug-likeness (QED) is 0.189. The van der Waals surface area contributed by atoms with Crippen LogP contribution in [-0.4, -0.2) is 52.4 Å². The van der Waals surface area contributed by atoms with Crippen molar-refractivity contribution in [3.8, 4) is 17.0 Å². The molecule has 0 radical (unpaired) electrons. The SMILES string of the molecule is CC12NN(C3(F)CC3)C=C1C=C(C(=O)NC[C@H](c1cc3c(c(-c4cc(F)c(F)cc4F)n1)OC[C@]3(C)C(N)=O)C1CC1)C=C2OC1CC1. The topological polar surface area (TPSA) is 119 Å². The Hall–Kier alpha value is -4.39. The molecular formula is C35H35F4N5O4. The fourth-order valence-electron chi connectivity index (χ4n) is 6.69. The number of pyridine rings is 1. The van der Waals surface area contributed by atoms with Crippen molar-refractivity contribution in [3.05, 3.63) is 82.2 Å². The number of carbonyl (C=O) groups is 2. The standard InChI is InChI=1S/C35H35F4N5O4/c1-33(32(40)46)16-47-30-23(33)12-27(42-29(30)21-11-25(37)26(38)13-24(21)36)22(17-3-4-17)14-41-31(45)18-9-19-15-44(35(39)7-8-35)43-34(19,2)28(10-18)48-20-5-6-20/h9-13,15,17,20,22,43H,3-8,14,16H2,1-2H3,(H2,40,46)(H,41,45)/t22-,33-,34?/m0/s1. The van der Waals surface area contributed by atoms with Gasteiger partial charge in [-0.15, -0.1) is 0 Å². The number of amides is 2. The molecule has 13 heteroatoms. The molecule has 1 aromatic heterocycles. The van der Waals surface area contributed by atoms with Crippen molar-refractivity contribution in [2.75, 3.05) is 13.2 Å². The van der Waals surface area contributed by atoms with Crippen molar-refractivity contribution < 1.29 is 36.6 Å². The number of ether oxygens (including phenoxy) is 2. The summed E-state index contributed by atoms with van der Waals surface area (Å²) in [6.45, 7) is 3.51. The number of nitrogens with zero attached hydrogens (tertiary/aromatic N) is 2. The minimum Gasteiger partial charge on any atom is -0.492 e. The van der Waals surface area contributed by atoms with Gasteiger partial charge in [0, 0.05) is 60.0 Å². The zero-order valence-electron chi connectivity index (χ0n) is 26.5. The number of halogens is 4. The molecule has 3 saturated carbocycles. The van der Waals surface area contributed by atoms with E-state index < -0.39 is 40.1 Å². The van der Waals surface area contributed by atoms with Crippen molar-refractivity contribution in [1.29, 1.82) is 0 Å². The van der Waals surface area contributed by atoms with Crippen LogP contribution in [0.5, 0.6) is 5.75 Å². The lowest BCUT2D eigenvalue weighted by atomic mass is 9.82. The van der Waals surface area contributed by atoms with Crippen molar-refractivity contribution in [3.63, 3.8) is 0 Å². The second kappa shape index (κ2) is 10.6. The van der Waals surface area contributed by atoms with Crippen molar-refractivity contribution >= 4 is 11.8 Å². The van der Waals surface area contributed by atoms with Gasteiger partial charge in [0.15, 0.2) is 17.4 Å². The van der Waals surface area contributed by atoms with Gasteiger partial charge in [0.2, 0.25) is 5.91 Å². The van der Waals surface area contributed by atoms with Gasteiger partial charge >= 0.3 is 0 Å². The third-order valence-electron chi connectivity index (χ3n) is 10.4. The highest BCUT2D eigenvalue weighted by molar-refractivity contribution is 5.97. The molecule has 48 heavy (non-hydrogen) atoms. The van der Waals surface area contributed by atoms with Gasteiger partial charge in [0.05, 0.1) is 6.10 Å². The Balaban J connectivity index is 1.12. The van der Waals surface area contributed by atoms with Gasteiger partial charge in [0.1, 0.15) is 40.6 Å². The summed E-state index contributed by atoms with van der Waals surface area (Å²) >= 11 is 0. The molecule has 4 aliphatic carbocycles. The van der Waals surface area contributed by atoms with Crippen LogP contribution in [0.4, 0.5) is 17.6 Å². The summed E-state index contributed by atoms with van der Waals surface area (Å²) in [5.74, 6) is -5.82. The van der Waals surface area contributed by atoms with Crippen LogP contribution in [0.25, 0.3) is 11.3 Å². The zero-order valence-corrected chi connectivity index (χ0v) is 26.5. The third-order valence-corrected chi connectivity index (χ3v) is 10.4. The summed E-state index contributed by atoms with van der Waals surface area (Å²) in [7, 11) is 0. The van der Waals surface area contributed by atoms with Gasteiger partial charge in [-0.3, -0.25) is 14.6 Å². The van der Waals surface area contributed by atoms with Crippen molar-refractivity contribution in [2.45, 2.75) is 81.1 Å². The molecule has 252 valence electrons. The third kappa shape index (κ3) is 5.05. The predicted molar refractivity (Wildman–Crippen MR) is 165 cm³/mol. The van der Waals surface area contributed by atoms with Crippen LogP contribution in [0.2, 0.25) is 0 Å². The van der Waals surface area contributed by atoms with Crippen LogP contribution in [0.1, 0.15) is 69.5 Å². The summed E-state index contributed by atoms with van der Waals surface area (Å²) in [4.78, 5) is 31.1. The van der Waals surface area contributed by atoms with E-state index in [1.165, 1.54) is 5.01 Å². The molecule has 2 amide bonds. The van der Waals surface area contributed by atoms with E-state index in [0.717, 1.165) is 25.7 Å². The lowest BCUT2D eigenvalue weighted by Crippen LogP contribution is -2.51. The van der Waals surface area contributed by atoms with E-state index in [0.29, 0.717) is 53.1 Å². The number of carbonyl (C=O) groups excluding carboxylic acids is 2. The van der Waals surface area contributed by atoms with E-state index in [2.05, 4.69) is 10.7 Å². The van der Waals surface area contributed by atoms with Gasteiger partial charge in [-0.1, -0.05) is 0 Å². The molecule has 0 bridgehead atoms. The summed E-state index contributed by atoms with van der Waals surface area (Å²) in [5.41, 5.74) is 8.37.